The first-order valence-corrected chi connectivity index (χ1v) is 6.89. The van der Waals surface area contributed by atoms with Crippen LogP contribution in [-0.2, 0) is 0 Å². The molecule has 0 bridgehead atoms. The minimum absolute atomic E-state index is 0.0598. The summed E-state index contributed by atoms with van der Waals surface area (Å²) in [5.41, 5.74) is 0.673. The molecule has 1 unspecified atom stereocenters. The fourth-order valence-corrected chi connectivity index (χ4v) is 1.45. The van der Waals surface area contributed by atoms with Gasteiger partial charge in [0, 0.05) is 11.5 Å². The Labute approximate surface area is 111 Å². The Morgan fingerprint density at radius 1 is 1.11 bits per heavy atom. The average molecular weight is 250 g/mol. The molecule has 0 radical (unpaired) electrons. The highest BCUT2D eigenvalue weighted by Gasteiger charge is 2.12. The number of unbranched alkanes of at least 4 members (excludes halogenated alkanes) is 2. The van der Waals surface area contributed by atoms with Crippen molar-refractivity contribution in [2.75, 3.05) is 0 Å². The van der Waals surface area contributed by atoms with Gasteiger partial charge in [-0.1, -0.05) is 47.0 Å². The Hall–Kier alpha value is -1.31. The maximum atomic E-state index is 11.6. The molecule has 0 fully saturated rings. The van der Waals surface area contributed by atoms with Crippen molar-refractivity contribution in [2.24, 2.45) is 5.92 Å². The van der Waals surface area contributed by atoms with Crippen LogP contribution in [0.25, 0.3) is 0 Å². The number of phenolic OH excluding ortho intramolecular Hbond substituents is 1. The van der Waals surface area contributed by atoms with E-state index in [9.17, 15) is 4.79 Å². The zero-order valence-electron chi connectivity index (χ0n) is 12.1. The van der Waals surface area contributed by atoms with Crippen molar-refractivity contribution in [3.05, 3.63) is 29.8 Å². The molecule has 102 valence electrons. The lowest BCUT2D eigenvalue weighted by molar-refractivity contribution is 0.0927. The van der Waals surface area contributed by atoms with E-state index in [1.54, 1.807) is 12.1 Å². The van der Waals surface area contributed by atoms with E-state index in [1.165, 1.54) is 31.4 Å². The van der Waals surface area contributed by atoms with Gasteiger partial charge in [0.05, 0.1) is 0 Å². The molecule has 2 heteroatoms. The van der Waals surface area contributed by atoms with E-state index < -0.39 is 0 Å². The van der Waals surface area contributed by atoms with Gasteiger partial charge in [-0.25, -0.2) is 0 Å². The number of rotatable bonds is 5. The minimum atomic E-state index is 0.0598. The van der Waals surface area contributed by atoms with Gasteiger partial charge in [0.2, 0.25) is 0 Å². The molecule has 0 heterocycles. The lowest BCUT2D eigenvalue weighted by Gasteiger charge is -2.06. The molecule has 0 aliphatic carbocycles. The Morgan fingerprint density at radius 2 is 1.61 bits per heavy atom. The summed E-state index contributed by atoms with van der Waals surface area (Å²) in [6.45, 7) is 8.32. The highest BCUT2D eigenvalue weighted by Crippen LogP contribution is 2.15. The van der Waals surface area contributed by atoms with Crippen molar-refractivity contribution >= 4 is 5.78 Å². The van der Waals surface area contributed by atoms with Gasteiger partial charge >= 0.3 is 0 Å². The monoisotopic (exact) mass is 250 g/mol. The second-order valence-corrected chi connectivity index (χ2v) is 4.57. The van der Waals surface area contributed by atoms with Gasteiger partial charge < -0.3 is 5.11 Å². The molecule has 0 saturated carbocycles. The van der Waals surface area contributed by atoms with Crippen molar-refractivity contribution in [1.82, 2.24) is 0 Å². The van der Waals surface area contributed by atoms with Crippen LogP contribution in [0, 0.1) is 5.92 Å². The van der Waals surface area contributed by atoms with E-state index in [0.29, 0.717) is 5.56 Å². The fourth-order valence-electron chi connectivity index (χ4n) is 1.45. The summed E-state index contributed by atoms with van der Waals surface area (Å²) >= 11 is 0. The quantitative estimate of drug-likeness (QED) is 0.761. The van der Waals surface area contributed by atoms with Crippen LogP contribution in [-0.4, -0.2) is 10.9 Å². The number of aromatic hydroxyl groups is 1. The van der Waals surface area contributed by atoms with E-state index >= 15 is 0 Å². The second kappa shape index (κ2) is 9.69. The van der Waals surface area contributed by atoms with Crippen molar-refractivity contribution < 1.29 is 9.90 Å². The largest absolute Gasteiger partial charge is 0.508 e. The zero-order chi connectivity index (χ0) is 14.0. The third kappa shape index (κ3) is 6.43. The van der Waals surface area contributed by atoms with Crippen LogP contribution in [0.4, 0.5) is 0 Å². The van der Waals surface area contributed by atoms with E-state index in [2.05, 4.69) is 13.8 Å². The van der Waals surface area contributed by atoms with Gasteiger partial charge in [0.1, 0.15) is 5.75 Å². The maximum absolute atomic E-state index is 11.6. The lowest BCUT2D eigenvalue weighted by atomic mass is 9.97. The predicted octanol–water partition coefficient (Wildman–Crippen LogP) is 4.82. The molecule has 0 aliphatic rings. The first-order valence-electron chi connectivity index (χ1n) is 6.89. The third-order valence-electron chi connectivity index (χ3n) is 2.92. The van der Waals surface area contributed by atoms with Crippen LogP contribution < -0.4 is 0 Å². The summed E-state index contributed by atoms with van der Waals surface area (Å²) in [5, 5.41) is 9.02. The number of carbonyl (C=O) groups is 1. The summed E-state index contributed by atoms with van der Waals surface area (Å²) in [6.07, 6.45) is 4.92. The second-order valence-electron chi connectivity index (χ2n) is 4.57. The molecule has 1 rings (SSSR count). The molecule has 0 aliphatic heterocycles. The molecule has 0 amide bonds. The Bertz CT molecular complexity index is 325. The van der Waals surface area contributed by atoms with Gasteiger partial charge in [-0.05, 0) is 30.7 Å². The zero-order valence-corrected chi connectivity index (χ0v) is 12.1. The summed E-state index contributed by atoms with van der Waals surface area (Å²) < 4.78 is 0. The Kier molecular flexibility index (Phi) is 8.99. The molecular weight excluding hydrogens is 224 g/mol. The van der Waals surface area contributed by atoms with Crippen LogP contribution in [0.15, 0.2) is 24.3 Å². The van der Waals surface area contributed by atoms with Crippen molar-refractivity contribution in [3.8, 4) is 5.75 Å². The number of carbonyl (C=O) groups excluding carboxylic acids is 1. The molecule has 1 aromatic rings. The third-order valence-corrected chi connectivity index (χ3v) is 2.92. The normalized spacial score (nSPS) is 11.3. The van der Waals surface area contributed by atoms with Crippen molar-refractivity contribution in [2.45, 2.75) is 53.4 Å². The highest BCUT2D eigenvalue weighted by atomic mass is 16.3. The summed E-state index contributed by atoms with van der Waals surface area (Å²) in [5.74, 6) is 0.396. The molecule has 1 aromatic carbocycles. The molecular formula is C16H26O2. The predicted molar refractivity (Wildman–Crippen MR) is 77.1 cm³/mol. The summed E-state index contributed by atoms with van der Waals surface area (Å²) in [7, 11) is 0. The molecule has 0 saturated heterocycles. The van der Waals surface area contributed by atoms with Crippen molar-refractivity contribution in [1.29, 1.82) is 0 Å². The summed E-state index contributed by atoms with van der Waals surface area (Å²) in [4.78, 5) is 11.6. The molecule has 2 nitrogen and oxygen atoms in total. The van der Waals surface area contributed by atoms with Gasteiger partial charge in [-0.2, -0.15) is 0 Å². The fraction of sp³-hybridized carbons (Fsp3) is 0.562. The van der Waals surface area contributed by atoms with Crippen LogP contribution in [0.1, 0.15) is 63.7 Å². The average Bonchev–Trinajstić information content (AvgIpc) is 2.39. The van der Waals surface area contributed by atoms with E-state index in [4.69, 9.17) is 5.11 Å². The number of hydrogen-bond acceptors (Lipinski definition) is 2. The van der Waals surface area contributed by atoms with Gasteiger partial charge in [0.15, 0.2) is 5.78 Å². The summed E-state index contributed by atoms with van der Waals surface area (Å²) in [6, 6.07) is 6.39. The van der Waals surface area contributed by atoms with Crippen LogP contribution in [0.5, 0.6) is 5.75 Å². The standard InChI is InChI=1S/C11H14O2.C5H12/c1-3-8(2)11(13)9-4-6-10(12)7-5-9;1-3-5-4-2/h4-8,12H,3H2,1-2H3;3-5H2,1-2H3. The van der Waals surface area contributed by atoms with Crippen molar-refractivity contribution in [3.63, 3.8) is 0 Å². The van der Waals surface area contributed by atoms with Crippen LogP contribution >= 0.6 is 0 Å². The minimum Gasteiger partial charge on any atom is -0.508 e. The van der Waals surface area contributed by atoms with Gasteiger partial charge in [-0.15, -0.1) is 0 Å². The first kappa shape index (κ1) is 16.7. The van der Waals surface area contributed by atoms with E-state index in [1.807, 2.05) is 13.8 Å². The SMILES string of the molecule is CCC(C)C(=O)c1ccc(O)cc1.CCCCC. The number of hydrogen-bond donors (Lipinski definition) is 1. The Morgan fingerprint density at radius 3 is 1.94 bits per heavy atom. The molecule has 18 heavy (non-hydrogen) atoms. The number of phenols is 1. The van der Waals surface area contributed by atoms with Crippen LogP contribution in [0.3, 0.4) is 0 Å². The first-order chi connectivity index (χ1) is 8.56. The topological polar surface area (TPSA) is 37.3 Å². The van der Waals surface area contributed by atoms with Gasteiger partial charge in [0.25, 0.3) is 0 Å². The van der Waals surface area contributed by atoms with E-state index in [0.717, 1.165) is 6.42 Å². The molecule has 1 atom stereocenters. The van der Waals surface area contributed by atoms with Crippen LogP contribution in [0.2, 0.25) is 0 Å². The molecule has 0 aromatic heterocycles. The highest BCUT2D eigenvalue weighted by molar-refractivity contribution is 5.97. The number of Topliss-reactive ketones (excluding diaryl/α,β-unsaturated/α-hetero) is 1. The maximum Gasteiger partial charge on any atom is 0.165 e. The Balaban J connectivity index is 0.000000494. The van der Waals surface area contributed by atoms with Gasteiger partial charge in [-0.3, -0.25) is 4.79 Å². The lowest BCUT2D eigenvalue weighted by Crippen LogP contribution is -2.09. The number of ketones is 1. The molecule has 1 N–H and O–H groups in total. The number of benzene rings is 1. The smallest absolute Gasteiger partial charge is 0.165 e. The molecule has 0 spiro atoms. The van der Waals surface area contributed by atoms with E-state index in [-0.39, 0.29) is 17.5 Å².